The Bertz CT molecular complexity index is 614. The van der Waals surface area contributed by atoms with Crippen LogP contribution < -0.4 is 15.2 Å². The van der Waals surface area contributed by atoms with E-state index < -0.39 is 6.10 Å². The van der Waals surface area contributed by atoms with Gasteiger partial charge in [0, 0.05) is 17.3 Å². The van der Waals surface area contributed by atoms with E-state index in [1.165, 1.54) is 0 Å². The van der Waals surface area contributed by atoms with Crippen molar-refractivity contribution in [2.75, 3.05) is 12.8 Å². The predicted octanol–water partition coefficient (Wildman–Crippen LogP) is 2.54. The number of nitrogens with zero attached hydrogens (tertiary/aromatic N) is 1. The summed E-state index contributed by atoms with van der Waals surface area (Å²) in [5.41, 5.74) is 7.63. The zero-order chi connectivity index (χ0) is 15.4. The highest BCUT2D eigenvalue weighted by molar-refractivity contribution is 5.60. The first-order valence-corrected chi connectivity index (χ1v) is 6.75. The van der Waals surface area contributed by atoms with Crippen molar-refractivity contribution in [3.05, 3.63) is 47.8 Å². The maximum Gasteiger partial charge on any atom is 0.142 e. The number of aliphatic hydroxyl groups is 1. The summed E-state index contributed by atoms with van der Waals surface area (Å²) in [5.74, 6) is 1.15. The number of nitrogen functional groups attached to an aromatic ring is 1. The molecule has 0 bridgehead atoms. The van der Waals surface area contributed by atoms with E-state index in [1.54, 1.807) is 43.8 Å². The standard InChI is InChI=1S/C16H20N2O3/c1-10(2)21-12-7-11(8-18-9-12)16(19)13-5-4-6-14(20-3)15(13)17/h4-10,16,19H,17H2,1-3H3. The largest absolute Gasteiger partial charge is 0.495 e. The van der Waals surface area contributed by atoms with E-state index in [0.717, 1.165) is 0 Å². The zero-order valence-electron chi connectivity index (χ0n) is 12.4. The lowest BCUT2D eigenvalue weighted by atomic mass is 10.0. The van der Waals surface area contributed by atoms with Gasteiger partial charge in [0.15, 0.2) is 0 Å². The molecule has 0 fully saturated rings. The fraction of sp³-hybridized carbons (Fsp3) is 0.312. The Hall–Kier alpha value is -2.27. The van der Waals surface area contributed by atoms with Crippen LogP contribution in [0.15, 0.2) is 36.7 Å². The highest BCUT2D eigenvalue weighted by Gasteiger charge is 2.17. The molecule has 112 valence electrons. The minimum absolute atomic E-state index is 0.0427. The molecule has 0 spiro atoms. The summed E-state index contributed by atoms with van der Waals surface area (Å²) in [4.78, 5) is 4.10. The maximum atomic E-state index is 10.5. The average molecular weight is 288 g/mol. The van der Waals surface area contributed by atoms with Crippen molar-refractivity contribution in [1.82, 2.24) is 4.98 Å². The second-order valence-corrected chi connectivity index (χ2v) is 4.99. The van der Waals surface area contributed by atoms with Crippen LogP contribution in [0.25, 0.3) is 0 Å². The molecule has 5 nitrogen and oxygen atoms in total. The van der Waals surface area contributed by atoms with Crippen LogP contribution in [0.3, 0.4) is 0 Å². The number of para-hydroxylation sites is 1. The smallest absolute Gasteiger partial charge is 0.142 e. The molecule has 0 saturated heterocycles. The Labute approximate surface area is 124 Å². The number of benzene rings is 1. The van der Waals surface area contributed by atoms with Gasteiger partial charge in [0.1, 0.15) is 17.6 Å². The fourth-order valence-corrected chi connectivity index (χ4v) is 2.08. The summed E-state index contributed by atoms with van der Waals surface area (Å²) in [7, 11) is 1.54. The number of hydrogen-bond acceptors (Lipinski definition) is 5. The molecule has 1 unspecified atom stereocenters. The van der Waals surface area contributed by atoms with Crippen molar-refractivity contribution in [3.63, 3.8) is 0 Å². The predicted molar refractivity (Wildman–Crippen MR) is 81.5 cm³/mol. The first-order valence-electron chi connectivity index (χ1n) is 6.75. The zero-order valence-corrected chi connectivity index (χ0v) is 12.4. The molecule has 3 N–H and O–H groups in total. The monoisotopic (exact) mass is 288 g/mol. The normalized spacial score (nSPS) is 12.2. The summed E-state index contributed by atoms with van der Waals surface area (Å²) in [6.45, 7) is 3.87. The van der Waals surface area contributed by atoms with Crippen molar-refractivity contribution in [2.45, 2.75) is 26.1 Å². The van der Waals surface area contributed by atoms with E-state index in [1.807, 2.05) is 13.8 Å². The molecule has 5 heteroatoms. The lowest BCUT2D eigenvalue weighted by Crippen LogP contribution is -2.08. The molecule has 0 aliphatic heterocycles. The Morgan fingerprint density at radius 1 is 1.24 bits per heavy atom. The van der Waals surface area contributed by atoms with Crippen LogP contribution in [0.4, 0.5) is 5.69 Å². The summed E-state index contributed by atoms with van der Waals surface area (Å²) >= 11 is 0. The van der Waals surface area contributed by atoms with E-state index in [9.17, 15) is 5.11 Å². The van der Waals surface area contributed by atoms with Crippen LogP contribution in [0.1, 0.15) is 31.1 Å². The number of anilines is 1. The van der Waals surface area contributed by atoms with Gasteiger partial charge in [-0.25, -0.2) is 0 Å². The van der Waals surface area contributed by atoms with Crippen molar-refractivity contribution >= 4 is 5.69 Å². The number of aliphatic hydroxyl groups excluding tert-OH is 1. The third-order valence-corrected chi connectivity index (χ3v) is 3.04. The van der Waals surface area contributed by atoms with Crippen LogP contribution >= 0.6 is 0 Å². The Morgan fingerprint density at radius 2 is 2.00 bits per heavy atom. The Kier molecular flexibility index (Phi) is 4.65. The van der Waals surface area contributed by atoms with Gasteiger partial charge in [-0.1, -0.05) is 12.1 Å². The summed E-state index contributed by atoms with van der Waals surface area (Å²) in [5, 5.41) is 10.5. The van der Waals surface area contributed by atoms with Gasteiger partial charge in [0.05, 0.1) is 25.1 Å². The molecule has 0 amide bonds. The molecule has 1 aromatic carbocycles. The van der Waals surface area contributed by atoms with Gasteiger partial charge >= 0.3 is 0 Å². The van der Waals surface area contributed by atoms with Crippen LogP contribution in [-0.2, 0) is 0 Å². The van der Waals surface area contributed by atoms with Crippen molar-refractivity contribution in [1.29, 1.82) is 0 Å². The van der Waals surface area contributed by atoms with Crippen molar-refractivity contribution in [2.24, 2.45) is 0 Å². The molecule has 21 heavy (non-hydrogen) atoms. The number of ether oxygens (including phenoxy) is 2. The molecule has 1 atom stereocenters. The molecule has 0 aliphatic rings. The van der Waals surface area contributed by atoms with Gasteiger partial charge in [0.2, 0.25) is 0 Å². The first kappa shape index (κ1) is 15.1. The summed E-state index contributed by atoms with van der Waals surface area (Å²) in [6, 6.07) is 7.06. The molecule has 0 saturated carbocycles. The van der Waals surface area contributed by atoms with E-state index in [-0.39, 0.29) is 6.10 Å². The first-order chi connectivity index (χ1) is 10.0. The Morgan fingerprint density at radius 3 is 2.67 bits per heavy atom. The molecule has 2 rings (SSSR count). The van der Waals surface area contributed by atoms with Gasteiger partial charge in [-0.2, -0.15) is 0 Å². The van der Waals surface area contributed by atoms with Crippen molar-refractivity contribution < 1.29 is 14.6 Å². The highest BCUT2D eigenvalue weighted by Crippen LogP contribution is 2.33. The second-order valence-electron chi connectivity index (χ2n) is 4.99. The van der Waals surface area contributed by atoms with Gasteiger partial charge in [-0.3, -0.25) is 4.98 Å². The third kappa shape index (κ3) is 3.44. The lowest BCUT2D eigenvalue weighted by molar-refractivity contribution is 0.216. The molecule has 1 aromatic heterocycles. The topological polar surface area (TPSA) is 77.6 Å². The van der Waals surface area contributed by atoms with E-state index >= 15 is 0 Å². The summed E-state index contributed by atoms with van der Waals surface area (Å²) < 4.78 is 10.8. The van der Waals surface area contributed by atoms with Gasteiger partial charge < -0.3 is 20.3 Å². The number of rotatable bonds is 5. The number of aromatic nitrogens is 1. The molecule has 2 aromatic rings. The highest BCUT2D eigenvalue weighted by atomic mass is 16.5. The van der Waals surface area contributed by atoms with Crippen molar-refractivity contribution in [3.8, 4) is 11.5 Å². The van der Waals surface area contributed by atoms with Crippen LogP contribution in [0.2, 0.25) is 0 Å². The van der Waals surface area contributed by atoms with Gasteiger partial charge in [-0.15, -0.1) is 0 Å². The number of hydrogen-bond donors (Lipinski definition) is 2. The molecule has 0 aliphatic carbocycles. The van der Waals surface area contributed by atoms with E-state index in [4.69, 9.17) is 15.2 Å². The lowest BCUT2D eigenvalue weighted by Gasteiger charge is -2.17. The quantitative estimate of drug-likeness (QED) is 0.827. The number of nitrogens with two attached hydrogens (primary N) is 1. The molecule has 0 radical (unpaired) electrons. The van der Waals surface area contributed by atoms with Crippen LogP contribution in [0.5, 0.6) is 11.5 Å². The fourth-order valence-electron chi connectivity index (χ4n) is 2.08. The third-order valence-electron chi connectivity index (χ3n) is 3.04. The number of pyridine rings is 1. The minimum Gasteiger partial charge on any atom is -0.495 e. The van der Waals surface area contributed by atoms with E-state index in [0.29, 0.717) is 28.3 Å². The van der Waals surface area contributed by atoms with E-state index in [2.05, 4.69) is 4.98 Å². The SMILES string of the molecule is COc1cccc(C(O)c2cncc(OC(C)C)c2)c1N. The second kappa shape index (κ2) is 6.45. The molecule has 1 heterocycles. The Balaban J connectivity index is 2.34. The molecular formula is C16H20N2O3. The number of methoxy groups -OCH3 is 1. The summed E-state index contributed by atoms with van der Waals surface area (Å²) in [6.07, 6.45) is 2.37. The average Bonchev–Trinajstić information content (AvgIpc) is 2.46. The van der Waals surface area contributed by atoms with Gasteiger partial charge in [0.25, 0.3) is 0 Å². The van der Waals surface area contributed by atoms with Crippen LogP contribution in [0, 0.1) is 0 Å². The van der Waals surface area contributed by atoms with Gasteiger partial charge in [-0.05, 0) is 26.0 Å². The minimum atomic E-state index is -0.886. The maximum absolute atomic E-state index is 10.5. The molecular weight excluding hydrogens is 268 g/mol. The van der Waals surface area contributed by atoms with Crippen LogP contribution in [-0.4, -0.2) is 23.3 Å².